The summed E-state index contributed by atoms with van der Waals surface area (Å²) in [5.74, 6) is -0.521. The third-order valence-electron chi connectivity index (χ3n) is 5.92. The highest BCUT2D eigenvalue weighted by Gasteiger charge is 2.46. The van der Waals surface area contributed by atoms with Gasteiger partial charge in [-0.1, -0.05) is 72.8 Å². The van der Waals surface area contributed by atoms with Crippen molar-refractivity contribution in [2.24, 2.45) is 0 Å². The molecule has 0 spiro atoms. The van der Waals surface area contributed by atoms with E-state index in [4.69, 9.17) is 9.15 Å². The van der Waals surface area contributed by atoms with Gasteiger partial charge in [0.1, 0.15) is 23.9 Å². The Morgan fingerprint density at radius 1 is 0.886 bits per heavy atom. The van der Waals surface area contributed by atoms with Gasteiger partial charge in [-0.2, -0.15) is 0 Å². The number of hydrogen-bond donors (Lipinski definition) is 1. The van der Waals surface area contributed by atoms with Crippen LogP contribution in [0.1, 0.15) is 28.5 Å². The van der Waals surface area contributed by atoms with Gasteiger partial charge in [0.15, 0.2) is 0 Å². The van der Waals surface area contributed by atoms with E-state index in [0.717, 1.165) is 5.56 Å². The van der Waals surface area contributed by atoms with Crippen LogP contribution in [0.2, 0.25) is 0 Å². The van der Waals surface area contributed by atoms with Crippen molar-refractivity contribution in [3.05, 3.63) is 131 Å². The quantitative estimate of drug-likeness (QED) is 0.222. The van der Waals surface area contributed by atoms with E-state index >= 15 is 0 Å². The van der Waals surface area contributed by atoms with E-state index in [1.165, 1.54) is 11.2 Å². The molecular weight excluding hydrogens is 442 g/mol. The lowest BCUT2D eigenvalue weighted by Gasteiger charge is -2.25. The van der Waals surface area contributed by atoms with Crippen LogP contribution in [0.4, 0.5) is 0 Å². The molecule has 1 unspecified atom stereocenters. The van der Waals surface area contributed by atoms with Crippen molar-refractivity contribution < 1.29 is 23.8 Å². The molecule has 1 saturated heterocycles. The van der Waals surface area contributed by atoms with Crippen molar-refractivity contribution in [2.75, 3.05) is 0 Å². The first-order chi connectivity index (χ1) is 17.1. The molecule has 0 aliphatic carbocycles. The van der Waals surface area contributed by atoms with Crippen LogP contribution < -0.4 is 4.74 Å². The Labute approximate surface area is 202 Å². The number of carbonyl (C=O) groups is 2. The molecule has 0 saturated carbocycles. The minimum absolute atomic E-state index is 0.0352. The maximum Gasteiger partial charge on any atom is 0.296 e. The zero-order valence-corrected chi connectivity index (χ0v) is 18.8. The molecule has 1 atom stereocenters. The summed E-state index contributed by atoms with van der Waals surface area (Å²) in [6, 6.07) is 28.4. The van der Waals surface area contributed by atoms with E-state index in [1.54, 1.807) is 42.5 Å². The first kappa shape index (κ1) is 22.2. The van der Waals surface area contributed by atoms with Gasteiger partial charge in [-0.05, 0) is 35.4 Å². The second-order valence-electron chi connectivity index (χ2n) is 8.22. The molecule has 35 heavy (non-hydrogen) atoms. The van der Waals surface area contributed by atoms with Gasteiger partial charge in [0.05, 0.1) is 24.4 Å². The van der Waals surface area contributed by atoms with Gasteiger partial charge >= 0.3 is 0 Å². The lowest BCUT2D eigenvalue weighted by atomic mass is 9.95. The molecule has 4 aromatic rings. The fourth-order valence-corrected chi connectivity index (χ4v) is 4.23. The average Bonchev–Trinajstić information content (AvgIpc) is 3.51. The molecule has 174 valence electrons. The lowest BCUT2D eigenvalue weighted by molar-refractivity contribution is -0.140. The minimum Gasteiger partial charge on any atom is -0.507 e. The number of likely N-dealkylation sites (tertiary alicyclic amines) is 1. The lowest BCUT2D eigenvalue weighted by Crippen LogP contribution is -2.29. The molecule has 1 N–H and O–H groups in total. The topological polar surface area (TPSA) is 80.0 Å². The summed E-state index contributed by atoms with van der Waals surface area (Å²) in [4.78, 5) is 27.7. The minimum atomic E-state index is -0.805. The highest BCUT2D eigenvalue weighted by Crippen LogP contribution is 2.41. The molecular formula is C29H23NO5. The Balaban J connectivity index is 1.55. The second-order valence-corrected chi connectivity index (χ2v) is 8.22. The highest BCUT2D eigenvalue weighted by atomic mass is 16.5. The predicted octanol–water partition coefficient (Wildman–Crippen LogP) is 5.48. The highest BCUT2D eigenvalue weighted by molar-refractivity contribution is 6.46. The monoisotopic (exact) mass is 465 g/mol. The number of aliphatic hydroxyl groups is 1. The maximum absolute atomic E-state index is 13.2. The zero-order valence-electron chi connectivity index (χ0n) is 18.8. The first-order valence-electron chi connectivity index (χ1n) is 11.2. The molecule has 1 aliphatic rings. The van der Waals surface area contributed by atoms with E-state index in [9.17, 15) is 14.7 Å². The number of ether oxygens (including phenoxy) is 1. The number of carbonyl (C=O) groups excluding carboxylic acids is 2. The van der Waals surface area contributed by atoms with Gasteiger partial charge in [-0.3, -0.25) is 9.59 Å². The van der Waals surface area contributed by atoms with Gasteiger partial charge in [-0.25, -0.2) is 0 Å². The summed E-state index contributed by atoms with van der Waals surface area (Å²) >= 11 is 0. The summed E-state index contributed by atoms with van der Waals surface area (Å²) in [6.45, 7) is 0.462. The number of rotatable bonds is 7. The molecule has 1 fully saturated rings. The van der Waals surface area contributed by atoms with Crippen molar-refractivity contribution in [2.45, 2.75) is 19.2 Å². The van der Waals surface area contributed by atoms with E-state index < -0.39 is 17.7 Å². The van der Waals surface area contributed by atoms with E-state index in [0.29, 0.717) is 29.2 Å². The summed E-state index contributed by atoms with van der Waals surface area (Å²) in [7, 11) is 0. The number of Topliss-reactive ketones (excluding diaryl/α,β-unsaturated/α-hetero) is 1. The Bertz CT molecular complexity index is 1360. The first-order valence-corrected chi connectivity index (χ1v) is 11.2. The number of amides is 1. The van der Waals surface area contributed by atoms with E-state index in [-0.39, 0.29) is 17.9 Å². The van der Waals surface area contributed by atoms with E-state index in [2.05, 4.69) is 0 Å². The summed E-state index contributed by atoms with van der Waals surface area (Å²) in [5.41, 5.74) is 2.17. The van der Waals surface area contributed by atoms with Gasteiger partial charge in [0.2, 0.25) is 0 Å². The number of benzene rings is 3. The number of furan rings is 1. The van der Waals surface area contributed by atoms with Crippen LogP contribution in [0.25, 0.3) is 5.76 Å². The Kier molecular flexibility index (Phi) is 6.18. The zero-order chi connectivity index (χ0) is 24.2. The third-order valence-corrected chi connectivity index (χ3v) is 5.92. The number of nitrogens with zero attached hydrogens (tertiary/aromatic N) is 1. The largest absolute Gasteiger partial charge is 0.507 e. The van der Waals surface area contributed by atoms with Crippen LogP contribution in [0, 0.1) is 0 Å². The fraction of sp³-hybridized carbons (Fsp3) is 0.103. The second kappa shape index (κ2) is 9.73. The molecule has 1 amide bonds. The standard InChI is InChI=1S/C29H23NO5/c31-27(21-11-5-2-6-12-21)25-26(30(29(33)28(25)32)18-24-15-8-16-34-24)22-13-7-14-23(17-22)35-19-20-9-3-1-4-10-20/h1-17,26,31H,18-19H2/b27-25+. The van der Waals surface area contributed by atoms with Crippen LogP contribution in [-0.2, 0) is 22.7 Å². The van der Waals surface area contributed by atoms with Crippen molar-refractivity contribution in [1.82, 2.24) is 4.90 Å². The molecule has 6 nitrogen and oxygen atoms in total. The average molecular weight is 466 g/mol. The van der Waals surface area contributed by atoms with Crippen molar-refractivity contribution >= 4 is 17.4 Å². The van der Waals surface area contributed by atoms with Gasteiger partial charge in [-0.15, -0.1) is 0 Å². The van der Waals surface area contributed by atoms with E-state index in [1.807, 2.05) is 54.6 Å². The van der Waals surface area contributed by atoms with Gasteiger partial charge < -0.3 is 19.2 Å². The molecule has 5 rings (SSSR count). The summed E-state index contributed by atoms with van der Waals surface area (Å²) < 4.78 is 11.4. The Morgan fingerprint density at radius 3 is 2.34 bits per heavy atom. The Hall–Kier alpha value is -4.58. The summed E-state index contributed by atoms with van der Waals surface area (Å²) in [5, 5.41) is 11.1. The number of aliphatic hydroxyl groups excluding tert-OH is 1. The van der Waals surface area contributed by atoms with Crippen molar-refractivity contribution in [3.8, 4) is 5.75 Å². The van der Waals surface area contributed by atoms with Crippen LogP contribution >= 0.6 is 0 Å². The molecule has 0 bridgehead atoms. The van der Waals surface area contributed by atoms with Crippen LogP contribution in [0.5, 0.6) is 5.75 Å². The van der Waals surface area contributed by atoms with Crippen molar-refractivity contribution in [3.63, 3.8) is 0 Å². The molecule has 2 heterocycles. The smallest absolute Gasteiger partial charge is 0.296 e. The molecule has 0 radical (unpaired) electrons. The van der Waals surface area contributed by atoms with Crippen LogP contribution in [0.3, 0.4) is 0 Å². The molecule has 1 aromatic heterocycles. The predicted molar refractivity (Wildman–Crippen MR) is 130 cm³/mol. The molecule has 1 aliphatic heterocycles. The summed E-state index contributed by atoms with van der Waals surface area (Å²) in [6.07, 6.45) is 1.52. The fourth-order valence-electron chi connectivity index (χ4n) is 4.23. The van der Waals surface area contributed by atoms with Crippen molar-refractivity contribution in [1.29, 1.82) is 0 Å². The number of hydrogen-bond acceptors (Lipinski definition) is 5. The molecule has 3 aromatic carbocycles. The Morgan fingerprint density at radius 2 is 1.63 bits per heavy atom. The van der Waals surface area contributed by atoms with Crippen LogP contribution in [0.15, 0.2) is 113 Å². The normalized spacial score (nSPS) is 17.0. The van der Waals surface area contributed by atoms with Gasteiger partial charge in [0, 0.05) is 5.56 Å². The van der Waals surface area contributed by atoms with Gasteiger partial charge in [0.25, 0.3) is 11.7 Å². The SMILES string of the molecule is O=C1C(=O)N(Cc2ccco2)C(c2cccc(OCc3ccccc3)c2)/C1=C(\O)c1ccccc1. The van der Waals surface area contributed by atoms with Crippen LogP contribution in [-0.4, -0.2) is 21.7 Å². The number of ketones is 1. The maximum atomic E-state index is 13.2. The molecule has 6 heteroatoms. The third kappa shape index (κ3) is 4.59.